The number of rotatable bonds is 8. The molecular formula is C24H19N3O9S. The largest absolute Gasteiger partial charge is 0.480 e. The number of sulfonamides is 1. The minimum absolute atomic E-state index is 0.0627. The Kier molecular flexibility index (Phi) is 6.42. The average molecular weight is 525 g/mol. The average Bonchev–Trinajstić information content (AvgIpc) is 2.81. The molecule has 37 heavy (non-hydrogen) atoms. The Bertz CT molecular complexity index is 1710. The van der Waals surface area contributed by atoms with E-state index >= 15 is 0 Å². The van der Waals surface area contributed by atoms with Crippen molar-refractivity contribution in [1.82, 2.24) is 4.31 Å². The Labute approximate surface area is 208 Å². The molecule has 13 heteroatoms. The molecule has 1 heterocycles. The third-order valence-corrected chi connectivity index (χ3v) is 7.38. The highest BCUT2D eigenvalue weighted by Gasteiger charge is 2.35. The summed E-state index contributed by atoms with van der Waals surface area (Å²) in [6, 6.07) is 13.0. The molecule has 0 unspecified atom stereocenters. The van der Waals surface area contributed by atoms with Gasteiger partial charge in [-0.25, -0.2) is 13.2 Å². The first kappa shape index (κ1) is 25.3. The molecule has 4 rings (SSSR count). The van der Waals surface area contributed by atoms with Gasteiger partial charge >= 0.3 is 17.9 Å². The standard InChI is InChI=1S/C24H19N3O9S/c25-12-5-6-15-18(9-12)36-22-16(21(15)13-3-1-2-4-14(13)24(32)33)7-8-17(26)23(22)37(34,35)27(10-19(28)29)11-20(30)31/h1-9,26H,10-11,25H2,(H,28,29)(H,30,31)(H,32,33). The van der Waals surface area contributed by atoms with Crippen LogP contribution in [0.15, 0.2) is 63.9 Å². The molecular weight excluding hydrogens is 506 g/mol. The lowest BCUT2D eigenvalue weighted by molar-refractivity contribution is -0.139. The Balaban J connectivity index is 2.15. The van der Waals surface area contributed by atoms with Crippen LogP contribution in [-0.4, -0.2) is 59.0 Å². The van der Waals surface area contributed by atoms with Crippen LogP contribution in [0.1, 0.15) is 10.4 Å². The second kappa shape index (κ2) is 9.37. The number of carboxylic acid groups (broad SMARTS) is 3. The van der Waals surface area contributed by atoms with Crippen molar-refractivity contribution in [3.8, 4) is 22.5 Å². The van der Waals surface area contributed by atoms with E-state index in [1.165, 1.54) is 30.3 Å². The van der Waals surface area contributed by atoms with Crippen molar-refractivity contribution in [1.29, 1.82) is 5.41 Å². The van der Waals surface area contributed by atoms with Crippen molar-refractivity contribution in [2.75, 3.05) is 18.8 Å². The highest BCUT2D eigenvalue weighted by molar-refractivity contribution is 7.89. The summed E-state index contributed by atoms with van der Waals surface area (Å²) in [6.45, 7) is -2.36. The third-order valence-electron chi connectivity index (χ3n) is 5.52. The Morgan fingerprint density at radius 1 is 0.919 bits per heavy atom. The first-order valence-electron chi connectivity index (χ1n) is 10.5. The van der Waals surface area contributed by atoms with Crippen molar-refractivity contribution in [3.63, 3.8) is 0 Å². The van der Waals surface area contributed by atoms with E-state index in [0.29, 0.717) is 5.39 Å². The maximum Gasteiger partial charge on any atom is 0.336 e. The summed E-state index contributed by atoms with van der Waals surface area (Å²) in [5.41, 5.74) is 6.71. The van der Waals surface area contributed by atoms with Crippen LogP contribution in [0.5, 0.6) is 0 Å². The summed E-state index contributed by atoms with van der Waals surface area (Å²) in [6.07, 6.45) is 0. The van der Waals surface area contributed by atoms with Crippen LogP contribution in [0, 0.1) is 5.41 Å². The van der Waals surface area contributed by atoms with E-state index in [1.807, 2.05) is 0 Å². The maximum absolute atomic E-state index is 13.6. The lowest BCUT2D eigenvalue weighted by Gasteiger charge is -2.22. The van der Waals surface area contributed by atoms with E-state index in [0.717, 1.165) is 6.07 Å². The molecule has 2 aromatic rings. The molecule has 1 aliphatic carbocycles. The predicted octanol–water partition coefficient (Wildman–Crippen LogP) is 2.12. The SMILES string of the molecule is N=c1ccc2c(-c3ccccc3C(=O)O)c3ccc(N)cc3oc-2c1S(=O)(=O)N(CC(=O)O)CC(=O)O. The van der Waals surface area contributed by atoms with Gasteiger partial charge in [-0.2, -0.15) is 4.31 Å². The van der Waals surface area contributed by atoms with E-state index in [-0.39, 0.29) is 43.6 Å². The van der Waals surface area contributed by atoms with E-state index in [1.54, 1.807) is 18.2 Å². The fourth-order valence-electron chi connectivity index (χ4n) is 4.04. The van der Waals surface area contributed by atoms with Crippen LogP contribution in [0.4, 0.5) is 5.69 Å². The van der Waals surface area contributed by atoms with Gasteiger partial charge in [0.1, 0.15) is 18.7 Å². The summed E-state index contributed by atoms with van der Waals surface area (Å²) in [7, 11) is -4.91. The number of hydrogen-bond acceptors (Lipinski definition) is 8. The van der Waals surface area contributed by atoms with Crippen LogP contribution in [-0.2, 0) is 19.6 Å². The van der Waals surface area contributed by atoms with Crippen molar-refractivity contribution in [2.45, 2.75) is 4.90 Å². The zero-order chi connectivity index (χ0) is 27.1. The fourth-order valence-corrected chi connectivity index (χ4v) is 5.59. The van der Waals surface area contributed by atoms with Crippen LogP contribution in [0.25, 0.3) is 33.4 Å². The van der Waals surface area contributed by atoms with Gasteiger partial charge in [0.15, 0.2) is 10.7 Å². The van der Waals surface area contributed by atoms with Gasteiger partial charge in [0.05, 0.1) is 10.9 Å². The molecule has 0 atom stereocenters. The molecule has 1 aliphatic heterocycles. The summed E-state index contributed by atoms with van der Waals surface area (Å²) >= 11 is 0. The molecule has 0 fully saturated rings. The van der Waals surface area contributed by atoms with E-state index in [9.17, 15) is 38.1 Å². The summed E-state index contributed by atoms with van der Waals surface area (Å²) < 4.78 is 33.2. The zero-order valence-electron chi connectivity index (χ0n) is 18.8. The number of fused-ring (bicyclic) bond motifs is 2. The van der Waals surface area contributed by atoms with E-state index < -0.39 is 51.3 Å². The number of nitrogens with two attached hydrogens (primary N) is 1. The quantitative estimate of drug-likeness (QED) is 0.167. The smallest absolute Gasteiger partial charge is 0.336 e. The number of carboxylic acids is 3. The number of aromatic carboxylic acids is 1. The van der Waals surface area contributed by atoms with Crippen LogP contribution >= 0.6 is 0 Å². The zero-order valence-corrected chi connectivity index (χ0v) is 19.7. The maximum atomic E-state index is 13.6. The summed E-state index contributed by atoms with van der Waals surface area (Å²) in [4.78, 5) is 33.9. The number of carbonyl (C=O) groups is 3. The number of benzene rings is 3. The van der Waals surface area contributed by atoms with E-state index in [4.69, 9.17) is 15.6 Å². The molecule has 0 saturated heterocycles. The van der Waals surface area contributed by atoms with E-state index in [2.05, 4.69) is 0 Å². The van der Waals surface area contributed by atoms with Crippen LogP contribution in [0.3, 0.4) is 0 Å². The predicted molar refractivity (Wildman–Crippen MR) is 130 cm³/mol. The van der Waals surface area contributed by atoms with Crippen molar-refractivity contribution in [3.05, 3.63) is 65.5 Å². The minimum atomic E-state index is -4.91. The molecule has 0 radical (unpaired) electrons. The fraction of sp³-hybridized carbons (Fsp3) is 0.0833. The third kappa shape index (κ3) is 4.60. The normalized spacial score (nSPS) is 11.7. The van der Waals surface area contributed by atoms with Gasteiger partial charge in [-0.3, -0.25) is 15.0 Å². The van der Waals surface area contributed by atoms with Crippen molar-refractivity contribution < 1.29 is 42.5 Å². The van der Waals surface area contributed by atoms with Gasteiger partial charge in [0.2, 0.25) is 10.0 Å². The number of nitrogens with one attached hydrogen (secondary N) is 1. The van der Waals surface area contributed by atoms with Gasteiger partial charge in [0, 0.05) is 28.3 Å². The van der Waals surface area contributed by atoms with Gasteiger partial charge in [-0.05, 0) is 35.9 Å². The van der Waals surface area contributed by atoms with Gasteiger partial charge in [-0.1, -0.05) is 18.2 Å². The van der Waals surface area contributed by atoms with Gasteiger partial charge < -0.3 is 25.5 Å². The van der Waals surface area contributed by atoms with Crippen molar-refractivity contribution in [2.24, 2.45) is 0 Å². The molecule has 2 aromatic carbocycles. The summed E-state index contributed by atoms with van der Waals surface area (Å²) in [5, 5.41) is 36.3. The number of aliphatic carboxylic acids is 2. The molecule has 190 valence electrons. The second-order valence-corrected chi connectivity index (χ2v) is 9.84. The Hall–Kier alpha value is -4.75. The molecule has 0 bridgehead atoms. The number of nitrogens with zero attached hydrogens (tertiary/aromatic N) is 1. The Morgan fingerprint density at radius 3 is 2.19 bits per heavy atom. The van der Waals surface area contributed by atoms with Gasteiger partial charge in [-0.15, -0.1) is 0 Å². The second-order valence-electron chi connectivity index (χ2n) is 7.96. The van der Waals surface area contributed by atoms with Crippen molar-refractivity contribution >= 4 is 44.6 Å². The topological polar surface area (TPSA) is 212 Å². The first-order valence-corrected chi connectivity index (χ1v) is 12.0. The highest BCUT2D eigenvalue weighted by Crippen LogP contribution is 2.43. The lowest BCUT2D eigenvalue weighted by Crippen LogP contribution is -2.41. The summed E-state index contributed by atoms with van der Waals surface area (Å²) in [5.74, 6) is -4.85. The molecule has 0 amide bonds. The monoisotopic (exact) mass is 525 g/mol. The number of anilines is 1. The Morgan fingerprint density at radius 2 is 1.57 bits per heavy atom. The molecule has 12 nitrogen and oxygen atoms in total. The number of hydrogen-bond donors (Lipinski definition) is 5. The molecule has 0 aromatic heterocycles. The van der Waals surface area contributed by atoms with Crippen LogP contribution < -0.4 is 11.1 Å². The highest BCUT2D eigenvalue weighted by atomic mass is 32.2. The molecule has 0 saturated carbocycles. The lowest BCUT2D eigenvalue weighted by atomic mass is 9.90. The molecule has 6 N–H and O–H groups in total. The number of nitrogen functional groups attached to an aromatic ring is 1. The molecule has 2 aliphatic rings. The van der Waals surface area contributed by atoms with Gasteiger partial charge in [0.25, 0.3) is 0 Å². The van der Waals surface area contributed by atoms with Crippen LogP contribution in [0.2, 0.25) is 0 Å². The first-order chi connectivity index (χ1) is 17.4. The molecule has 0 spiro atoms. The minimum Gasteiger partial charge on any atom is -0.480 e.